The maximum atomic E-state index is 12.7. The molecule has 9 heteroatoms. The highest BCUT2D eigenvalue weighted by atomic mass is 32.2. The average molecular weight is 425 g/mol. The highest BCUT2D eigenvalue weighted by molar-refractivity contribution is 7.90. The third-order valence-corrected chi connectivity index (χ3v) is 6.05. The van der Waals surface area contributed by atoms with E-state index in [0.29, 0.717) is 11.5 Å². The Balaban J connectivity index is 1.70. The molecular formula is C20H16N4O3S2. The zero-order valence-corrected chi connectivity index (χ0v) is 16.9. The summed E-state index contributed by atoms with van der Waals surface area (Å²) < 4.78 is 25.1. The van der Waals surface area contributed by atoms with Crippen molar-refractivity contribution in [3.63, 3.8) is 0 Å². The highest BCUT2D eigenvalue weighted by Gasteiger charge is 2.20. The number of amides is 1. The Kier molecular flexibility index (Phi) is 4.99. The summed E-state index contributed by atoms with van der Waals surface area (Å²) in [6.45, 7) is 0. The molecule has 2 aromatic carbocycles. The van der Waals surface area contributed by atoms with E-state index in [2.05, 4.69) is 15.4 Å². The number of rotatable bonds is 5. The van der Waals surface area contributed by atoms with Gasteiger partial charge in [0.15, 0.2) is 15.7 Å². The van der Waals surface area contributed by atoms with Gasteiger partial charge in [0.25, 0.3) is 5.91 Å². The summed E-state index contributed by atoms with van der Waals surface area (Å²) in [7, 11) is -3.38. The molecule has 2 aromatic heterocycles. The fraction of sp³-hybridized carbons (Fsp3) is 0.0500. The number of anilines is 1. The molecule has 4 rings (SSSR count). The van der Waals surface area contributed by atoms with Gasteiger partial charge in [0.2, 0.25) is 5.82 Å². The summed E-state index contributed by atoms with van der Waals surface area (Å²) in [4.78, 5) is 18.2. The van der Waals surface area contributed by atoms with E-state index in [4.69, 9.17) is 0 Å². The molecule has 0 saturated carbocycles. The minimum atomic E-state index is -3.38. The molecular weight excluding hydrogens is 408 g/mol. The molecule has 0 atom stereocenters. The van der Waals surface area contributed by atoms with Gasteiger partial charge < -0.3 is 5.32 Å². The normalized spacial score (nSPS) is 11.3. The van der Waals surface area contributed by atoms with Gasteiger partial charge in [-0.3, -0.25) is 4.79 Å². The number of nitrogens with one attached hydrogen (secondary N) is 1. The third kappa shape index (κ3) is 4.10. The molecule has 0 saturated heterocycles. The lowest BCUT2D eigenvalue weighted by Crippen LogP contribution is -2.14. The van der Waals surface area contributed by atoms with Crippen LogP contribution in [0.15, 0.2) is 77.0 Å². The molecule has 0 bridgehead atoms. The molecule has 7 nitrogen and oxygen atoms in total. The van der Waals surface area contributed by atoms with Crippen molar-refractivity contribution in [2.75, 3.05) is 11.6 Å². The molecule has 1 amide bonds. The Morgan fingerprint density at radius 1 is 1.03 bits per heavy atom. The average Bonchev–Trinajstić information content (AvgIpc) is 3.38. The van der Waals surface area contributed by atoms with Crippen molar-refractivity contribution >= 4 is 32.8 Å². The Morgan fingerprint density at radius 3 is 2.52 bits per heavy atom. The van der Waals surface area contributed by atoms with E-state index in [1.54, 1.807) is 16.8 Å². The Labute approximate surface area is 171 Å². The van der Waals surface area contributed by atoms with Crippen LogP contribution in [0.4, 0.5) is 5.69 Å². The largest absolute Gasteiger partial charge is 0.319 e. The number of benzene rings is 2. The van der Waals surface area contributed by atoms with Crippen LogP contribution in [0.25, 0.3) is 16.4 Å². The molecule has 0 aliphatic heterocycles. The predicted molar refractivity (Wildman–Crippen MR) is 112 cm³/mol. The van der Waals surface area contributed by atoms with Gasteiger partial charge in [-0.2, -0.15) is 0 Å². The molecule has 146 valence electrons. The van der Waals surface area contributed by atoms with E-state index < -0.39 is 15.7 Å². The lowest BCUT2D eigenvalue weighted by molar-refractivity contribution is 0.101. The van der Waals surface area contributed by atoms with Gasteiger partial charge in [0.1, 0.15) is 0 Å². The molecule has 0 fully saturated rings. The number of sulfone groups is 1. The first kappa shape index (κ1) is 19.0. The van der Waals surface area contributed by atoms with Crippen LogP contribution in [0.2, 0.25) is 0 Å². The molecule has 0 spiro atoms. The standard InChI is InChI=1S/C20H16N4O3S2/c1-29(26,27)16-10-5-7-14(13-16)21-20(25)18-22-19(17-11-6-12-28-17)24(23-18)15-8-3-2-4-9-15/h2-13H,1H3,(H,21,25). The fourth-order valence-electron chi connectivity index (χ4n) is 2.71. The minimum Gasteiger partial charge on any atom is -0.319 e. The molecule has 0 aliphatic carbocycles. The number of nitrogens with zero attached hydrogens (tertiary/aromatic N) is 3. The second-order valence-electron chi connectivity index (χ2n) is 6.24. The summed E-state index contributed by atoms with van der Waals surface area (Å²) in [5.74, 6) is 0.0198. The summed E-state index contributed by atoms with van der Waals surface area (Å²) in [6, 6.07) is 19.3. The SMILES string of the molecule is CS(=O)(=O)c1cccc(NC(=O)c2nc(-c3cccs3)n(-c3ccccc3)n2)c1. The maximum absolute atomic E-state index is 12.7. The zero-order chi connectivity index (χ0) is 20.4. The topological polar surface area (TPSA) is 94.0 Å². The van der Waals surface area contributed by atoms with Crippen molar-refractivity contribution < 1.29 is 13.2 Å². The van der Waals surface area contributed by atoms with Crippen molar-refractivity contribution in [1.82, 2.24) is 14.8 Å². The molecule has 0 unspecified atom stereocenters. The highest BCUT2D eigenvalue weighted by Crippen LogP contribution is 2.26. The Hall–Kier alpha value is -3.30. The molecule has 1 N–H and O–H groups in total. The van der Waals surface area contributed by atoms with Crippen molar-refractivity contribution in [2.45, 2.75) is 4.90 Å². The van der Waals surface area contributed by atoms with Gasteiger partial charge in [-0.1, -0.05) is 30.3 Å². The van der Waals surface area contributed by atoms with E-state index in [0.717, 1.165) is 16.8 Å². The predicted octanol–water partition coefficient (Wildman–Crippen LogP) is 3.65. The van der Waals surface area contributed by atoms with Crippen molar-refractivity contribution in [2.24, 2.45) is 0 Å². The van der Waals surface area contributed by atoms with Crippen LogP contribution in [0.5, 0.6) is 0 Å². The van der Waals surface area contributed by atoms with Crippen molar-refractivity contribution in [3.8, 4) is 16.4 Å². The number of hydrogen-bond donors (Lipinski definition) is 1. The van der Waals surface area contributed by atoms with Crippen LogP contribution in [0.1, 0.15) is 10.6 Å². The van der Waals surface area contributed by atoms with E-state index in [9.17, 15) is 13.2 Å². The van der Waals surface area contributed by atoms with Crippen molar-refractivity contribution in [3.05, 3.63) is 77.9 Å². The first-order chi connectivity index (χ1) is 13.9. The van der Waals surface area contributed by atoms with E-state index >= 15 is 0 Å². The molecule has 0 radical (unpaired) electrons. The number of carbonyl (C=O) groups is 1. The van der Waals surface area contributed by atoms with E-state index in [1.165, 1.54) is 23.5 Å². The zero-order valence-electron chi connectivity index (χ0n) is 15.3. The fourth-order valence-corrected chi connectivity index (χ4v) is 4.08. The third-order valence-electron chi connectivity index (χ3n) is 4.07. The van der Waals surface area contributed by atoms with Gasteiger partial charge in [-0.15, -0.1) is 16.4 Å². The lowest BCUT2D eigenvalue weighted by Gasteiger charge is -2.05. The smallest absolute Gasteiger partial charge is 0.295 e. The lowest BCUT2D eigenvalue weighted by atomic mass is 10.3. The van der Waals surface area contributed by atoms with E-state index in [-0.39, 0.29) is 10.7 Å². The van der Waals surface area contributed by atoms with Crippen LogP contribution in [0.3, 0.4) is 0 Å². The number of carbonyl (C=O) groups excluding carboxylic acids is 1. The quantitative estimate of drug-likeness (QED) is 0.528. The van der Waals surface area contributed by atoms with Gasteiger partial charge in [-0.25, -0.2) is 18.1 Å². The van der Waals surface area contributed by atoms with Crippen molar-refractivity contribution in [1.29, 1.82) is 0 Å². The van der Waals surface area contributed by atoms with Crippen LogP contribution in [-0.4, -0.2) is 35.3 Å². The summed E-state index contributed by atoms with van der Waals surface area (Å²) >= 11 is 1.50. The number of aromatic nitrogens is 3. The van der Waals surface area contributed by atoms with E-state index in [1.807, 2.05) is 47.8 Å². The Bertz CT molecular complexity index is 1260. The molecule has 4 aromatic rings. The van der Waals surface area contributed by atoms with Crippen LogP contribution < -0.4 is 5.32 Å². The summed E-state index contributed by atoms with van der Waals surface area (Å²) in [6.07, 6.45) is 1.12. The maximum Gasteiger partial charge on any atom is 0.295 e. The molecule has 2 heterocycles. The second kappa shape index (κ2) is 7.61. The molecule has 0 aliphatic rings. The van der Waals surface area contributed by atoms with Gasteiger partial charge >= 0.3 is 0 Å². The monoisotopic (exact) mass is 424 g/mol. The first-order valence-corrected chi connectivity index (χ1v) is 11.4. The van der Waals surface area contributed by atoms with Crippen LogP contribution >= 0.6 is 11.3 Å². The van der Waals surface area contributed by atoms with Gasteiger partial charge in [0, 0.05) is 11.9 Å². The van der Waals surface area contributed by atoms with Gasteiger partial charge in [0.05, 0.1) is 15.5 Å². The number of thiophene rings is 1. The second-order valence-corrected chi connectivity index (χ2v) is 9.20. The minimum absolute atomic E-state index is 0.0120. The Morgan fingerprint density at radius 2 is 1.83 bits per heavy atom. The number of hydrogen-bond acceptors (Lipinski definition) is 6. The summed E-state index contributed by atoms with van der Waals surface area (Å²) in [5, 5.41) is 8.98. The first-order valence-electron chi connectivity index (χ1n) is 8.60. The van der Waals surface area contributed by atoms with Crippen LogP contribution in [-0.2, 0) is 9.84 Å². The van der Waals surface area contributed by atoms with Gasteiger partial charge in [-0.05, 0) is 41.8 Å². The van der Waals surface area contributed by atoms with Crippen LogP contribution in [0, 0.1) is 0 Å². The molecule has 29 heavy (non-hydrogen) atoms. The number of para-hydroxylation sites is 1. The summed E-state index contributed by atoms with van der Waals surface area (Å²) in [5.41, 5.74) is 1.13.